The van der Waals surface area contributed by atoms with Gasteiger partial charge in [0.1, 0.15) is 5.82 Å². The minimum Gasteiger partial charge on any atom is -0.385 e. The molecule has 0 unspecified atom stereocenters. The number of methoxy groups -OCH3 is 1. The van der Waals surface area contributed by atoms with Crippen LogP contribution in [0.3, 0.4) is 0 Å². The number of carbonyl (C=O) groups is 1. The number of rotatable bonds is 13. The first-order chi connectivity index (χ1) is 20.4. The first-order valence-corrected chi connectivity index (χ1v) is 14.1. The topological polar surface area (TPSA) is 139 Å². The summed E-state index contributed by atoms with van der Waals surface area (Å²) < 4.78 is 30.8. The number of imidazole rings is 1. The number of aliphatic imine (C=N–C) groups is 1. The van der Waals surface area contributed by atoms with Crippen LogP contribution in [0.15, 0.2) is 41.5 Å². The lowest BCUT2D eigenvalue weighted by atomic mass is 9.91. The summed E-state index contributed by atoms with van der Waals surface area (Å²) in [5.74, 6) is 0.430. The molecule has 2 aliphatic heterocycles. The molecule has 2 aromatic heterocycles. The van der Waals surface area contributed by atoms with Gasteiger partial charge in [-0.15, -0.1) is 0 Å². The van der Waals surface area contributed by atoms with E-state index in [-0.39, 0.29) is 24.9 Å². The molecule has 0 radical (unpaired) electrons. The van der Waals surface area contributed by atoms with Crippen LogP contribution in [-0.4, -0.2) is 96.7 Å². The molecule has 224 valence electrons. The van der Waals surface area contributed by atoms with E-state index in [9.17, 15) is 9.18 Å². The van der Waals surface area contributed by atoms with Gasteiger partial charge in [0.15, 0.2) is 5.82 Å². The van der Waals surface area contributed by atoms with E-state index in [1.807, 2.05) is 6.21 Å². The molecule has 4 heterocycles. The Bertz CT molecular complexity index is 1350. The Balaban J connectivity index is 1.30. The monoisotopic (exact) mass is 580 g/mol. The molecule has 1 saturated heterocycles. The molecule has 0 spiro atoms. The highest BCUT2D eigenvalue weighted by atomic mass is 19.1. The molecule has 13 heteroatoms. The molecule has 0 saturated carbocycles. The highest BCUT2D eigenvalue weighted by Crippen LogP contribution is 2.35. The minimum atomic E-state index is -0.839. The number of anilines is 1. The smallest absolute Gasteiger partial charge is 0.230 e. The largest absolute Gasteiger partial charge is 0.385 e. The number of ether oxygens (including phenoxy) is 3. The van der Waals surface area contributed by atoms with Crippen LogP contribution in [0.1, 0.15) is 31.9 Å². The highest BCUT2D eigenvalue weighted by Gasteiger charge is 2.40. The lowest BCUT2D eigenvalue weighted by Crippen LogP contribution is -2.48. The van der Waals surface area contributed by atoms with Crippen molar-refractivity contribution in [2.45, 2.75) is 26.1 Å². The molecule has 0 atom stereocenters. The van der Waals surface area contributed by atoms with Crippen molar-refractivity contribution in [2.24, 2.45) is 10.4 Å². The van der Waals surface area contributed by atoms with Gasteiger partial charge in [0, 0.05) is 57.9 Å². The number of aromatic nitrogens is 4. The second-order valence-corrected chi connectivity index (χ2v) is 10.6. The SMILES string of the molecule is COCCCNC(=O)C1(C)COC(c2nc(-c3ccc(F)cc3)c(-c3ccnc(NCCCN4CC=NC4)n3)[nH]2)OC1. The van der Waals surface area contributed by atoms with E-state index in [1.54, 1.807) is 38.4 Å². The highest BCUT2D eigenvalue weighted by molar-refractivity contribution is 5.82. The zero-order valence-corrected chi connectivity index (χ0v) is 23.9. The van der Waals surface area contributed by atoms with Gasteiger partial charge in [0.05, 0.1) is 42.4 Å². The van der Waals surface area contributed by atoms with Crippen molar-refractivity contribution in [3.8, 4) is 22.6 Å². The number of nitrogens with one attached hydrogen (secondary N) is 3. The number of carbonyl (C=O) groups excluding carboxylic acids is 1. The van der Waals surface area contributed by atoms with E-state index in [2.05, 4.69) is 30.5 Å². The Hall–Kier alpha value is -3.78. The fraction of sp³-hybridized carbons (Fsp3) is 0.483. The van der Waals surface area contributed by atoms with Gasteiger partial charge in [0.25, 0.3) is 0 Å². The van der Waals surface area contributed by atoms with E-state index >= 15 is 0 Å². The summed E-state index contributed by atoms with van der Waals surface area (Å²) in [6.07, 6.45) is 4.44. The molecule has 1 fully saturated rings. The fourth-order valence-electron chi connectivity index (χ4n) is 4.69. The Morgan fingerprint density at radius 1 is 1.17 bits per heavy atom. The first kappa shape index (κ1) is 29.7. The van der Waals surface area contributed by atoms with Crippen LogP contribution >= 0.6 is 0 Å². The normalized spacial score (nSPS) is 20.6. The molecule has 1 amide bonds. The number of halogens is 1. The summed E-state index contributed by atoms with van der Waals surface area (Å²) in [7, 11) is 1.63. The third kappa shape index (κ3) is 7.34. The Morgan fingerprint density at radius 2 is 1.98 bits per heavy atom. The average molecular weight is 581 g/mol. The van der Waals surface area contributed by atoms with Crippen LogP contribution in [0.4, 0.5) is 10.3 Å². The van der Waals surface area contributed by atoms with E-state index < -0.39 is 11.7 Å². The van der Waals surface area contributed by atoms with E-state index in [1.165, 1.54) is 12.1 Å². The number of aromatic amines is 1. The molecule has 42 heavy (non-hydrogen) atoms. The second-order valence-electron chi connectivity index (χ2n) is 10.6. The van der Waals surface area contributed by atoms with Crippen molar-refractivity contribution in [1.29, 1.82) is 0 Å². The average Bonchev–Trinajstić information content (AvgIpc) is 3.69. The molecular formula is C29H37FN8O4. The van der Waals surface area contributed by atoms with Crippen LogP contribution in [-0.2, 0) is 19.0 Å². The molecule has 0 aliphatic carbocycles. The van der Waals surface area contributed by atoms with Crippen molar-refractivity contribution in [3.63, 3.8) is 0 Å². The number of amides is 1. The van der Waals surface area contributed by atoms with Crippen molar-refractivity contribution in [2.75, 3.05) is 65.1 Å². The summed E-state index contributed by atoms with van der Waals surface area (Å²) in [4.78, 5) is 36.5. The zero-order valence-electron chi connectivity index (χ0n) is 23.9. The van der Waals surface area contributed by atoms with Gasteiger partial charge in [-0.3, -0.25) is 14.7 Å². The minimum absolute atomic E-state index is 0.140. The van der Waals surface area contributed by atoms with Gasteiger partial charge in [-0.2, -0.15) is 0 Å². The summed E-state index contributed by atoms with van der Waals surface area (Å²) in [5.41, 5.74) is 1.65. The van der Waals surface area contributed by atoms with Gasteiger partial charge < -0.3 is 29.8 Å². The van der Waals surface area contributed by atoms with E-state index in [0.717, 1.165) is 32.6 Å². The third-order valence-electron chi connectivity index (χ3n) is 7.13. The van der Waals surface area contributed by atoms with Crippen molar-refractivity contribution in [1.82, 2.24) is 30.2 Å². The number of hydrogen-bond donors (Lipinski definition) is 3. The van der Waals surface area contributed by atoms with E-state index in [4.69, 9.17) is 24.2 Å². The second kappa shape index (κ2) is 13.9. The molecular weight excluding hydrogens is 543 g/mol. The fourth-order valence-corrected chi connectivity index (χ4v) is 4.69. The van der Waals surface area contributed by atoms with Crippen molar-refractivity contribution >= 4 is 18.1 Å². The standard InChI is InChI=1S/C29H37FN8O4/c1-29(27(39)32-11-4-16-40-2)17-41-26(42-18-29)25-36-23(20-5-7-21(30)8-6-20)24(37-25)22-9-12-34-28(35-22)33-10-3-14-38-15-13-31-19-38/h5-9,12-13,26H,3-4,10-11,14-19H2,1-2H3,(H,32,39)(H,36,37)(H,33,34,35). The Morgan fingerprint density at radius 3 is 2.71 bits per heavy atom. The Labute approximate surface area is 244 Å². The molecule has 2 aliphatic rings. The van der Waals surface area contributed by atoms with Crippen LogP contribution in [0.2, 0.25) is 0 Å². The maximum Gasteiger partial charge on any atom is 0.230 e. The quantitative estimate of drug-likeness (QED) is 0.260. The van der Waals surface area contributed by atoms with E-state index in [0.29, 0.717) is 54.1 Å². The predicted molar refractivity (Wildman–Crippen MR) is 155 cm³/mol. The molecule has 12 nitrogen and oxygen atoms in total. The first-order valence-electron chi connectivity index (χ1n) is 14.1. The lowest BCUT2D eigenvalue weighted by molar-refractivity contribution is -0.231. The lowest BCUT2D eigenvalue weighted by Gasteiger charge is -2.35. The zero-order chi connectivity index (χ0) is 29.4. The van der Waals surface area contributed by atoms with Crippen LogP contribution in [0.5, 0.6) is 0 Å². The molecule has 5 rings (SSSR count). The van der Waals surface area contributed by atoms with Crippen LogP contribution in [0, 0.1) is 11.2 Å². The summed E-state index contributed by atoms with van der Waals surface area (Å²) in [6, 6.07) is 7.88. The summed E-state index contributed by atoms with van der Waals surface area (Å²) >= 11 is 0. The number of benzene rings is 1. The molecule has 1 aromatic carbocycles. The van der Waals surface area contributed by atoms with Crippen LogP contribution in [0.25, 0.3) is 22.6 Å². The van der Waals surface area contributed by atoms with Gasteiger partial charge in [-0.25, -0.2) is 19.3 Å². The number of H-pyrrole nitrogens is 1. The van der Waals surface area contributed by atoms with Crippen molar-refractivity contribution < 1.29 is 23.4 Å². The molecule has 0 bridgehead atoms. The number of hydrogen-bond acceptors (Lipinski definition) is 10. The predicted octanol–water partition coefficient (Wildman–Crippen LogP) is 3.02. The maximum atomic E-state index is 13.7. The van der Waals surface area contributed by atoms with Gasteiger partial charge in [-0.1, -0.05) is 0 Å². The van der Waals surface area contributed by atoms with Gasteiger partial charge in [-0.05, 0) is 50.1 Å². The Kier molecular flexibility index (Phi) is 9.85. The maximum absolute atomic E-state index is 13.7. The van der Waals surface area contributed by atoms with Gasteiger partial charge >= 0.3 is 0 Å². The van der Waals surface area contributed by atoms with Crippen LogP contribution < -0.4 is 10.6 Å². The summed E-state index contributed by atoms with van der Waals surface area (Å²) in [6.45, 7) is 6.47. The van der Waals surface area contributed by atoms with Crippen molar-refractivity contribution in [3.05, 3.63) is 48.2 Å². The summed E-state index contributed by atoms with van der Waals surface area (Å²) in [5, 5.41) is 6.21. The molecule has 3 N–H and O–H groups in total. The third-order valence-corrected chi connectivity index (χ3v) is 7.13. The molecule has 3 aromatic rings. The number of nitrogens with zero attached hydrogens (tertiary/aromatic N) is 5. The van der Waals surface area contributed by atoms with Gasteiger partial charge in [0.2, 0.25) is 18.1 Å².